The number of benzene rings is 1. The summed E-state index contributed by atoms with van der Waals surface area (Å²) in [6.45, 7) is 13.7. The zero-order valence-electron chi connectivity index (χ0n) is 16.1. The van der Waals surface area contributed by atoms with Crippen LogP contribution in [0.25, 0.3) is 0 Å². The van der Waals surface area contributed by atoms with Gasteiger partial charge in [0.15, 0.2) is 8.32 Å². The summed E-state index contributed by atoms with van der Waals surface area (Å²) in [6, 6.07) is 10.9. The lowest BCUT2D eigenvalue weighted by Crippen LogP contribution is -2.32. The molecule has 0 aromatic heterocycles. The molecule has 1 rings (SSSR count). The van der Waals surface area contributed by atoms with Crippen LogP contribution in [0.2, 0.25) is 19.6 Å². The Hall–Kier alpha value is -0.863. The minimum Gasteiger partial charge on any atom is -0.411 e. The van der Waals surface area contributed by atoms with Gasteiger partial charge in [-0.05, 0) is 69.8 Å². The molecule has 1 unspecified atom stereocenters. The first kappa shape index (κ1) is 20.2. The van der Waals surface area contributed by atoms with Gasteiger partial charge in [-0.3, -0.25) is 0 Å². The molecule has 130 valence electrons. The van der Waals surface area contributed by atoms with Crippen molar-refractivity contribution in [1.82, 2.24) is 0 Å². The summed E-state index contributed by atoms with van der Waals surface area (Å²) in [5.41, 5.74) is 4.56. The standard InChI is InChI=1S/C21H36OSi/c1-7-9-15-20(17-16-19-13-11-10-12-14-19)18(3)21(8-2)22-23(4,5)6/h10-14,21H,7-9,15-17H2,1-6H3/b20-18+. The van der Waals surface area contributed by atoms with Crippen LogP contribution < -0.4 is 0 Å². The van der Waals surface area contributed by atoms with E-state index in [0.29, 0.717) is 6.10 Å². The van der Waals surface area contributed by atoms with E-state index in [1.165, 1.54) is 36.8 Å². The van der Waals surface area contributed by atoms with Crippen LogP contribution in [0.15, 0.2) is 41.5 Å². The van der Waals surface area contributed by atoms with Crippen molar-refractivity contribution in [3.05, 3.63) is 47.0 Å². The average molecular weight is 333 g/mol. The summed E-state index contributed by atoms with van der Waals surface area (Å²) >= 11 is 0. The van der Waals surface area contributed by atoms with Gasteiger partial charge in [-0.15, -0.1) is 0 Å². The van der Waals surface area contributed by atoms with Gasteiger partial charge in [0.1, 0.15) is 0 Å². The summed E-state index contributed by atoms with van der Waals surface area (Å²) in [5.74, 6) is 0. The minimum absolute atomic E-state index is 0.310. The third-order valence-corrected chi connectivity index (χ3v) is 5.29. The van der Waals surface area contributed by atoms with Crippen LogP contribution in [0.4, 0.5) is 0 Å². The molecule has 0 aliphatic heterocycles. The average Bonchev–Trinajstić information content (AvgIpc) is 2.52. The molecule has 0 amide bonds. The van der Waals surface area contributed by atoms with E-state index in [9.17, 15) is 0 Å². The molecule has 0 aliphatic rings. The maximum Gasteiger partial charge on any atom is 0.184 e. The first-order valence-corrected chi connectivity index (χ1v) is 12.7. The Kier molecular flexibility index (Phi) is 8.86. The van der Waals surface area contributed by atoms with E-state index in [4.69, 9.17) is 4.43 Å². The molecule has 1 atom stereocenters. The van der Waals surface area contributed by atoms with Crippen LogP contribution in [0.3, 0.4) is 0 Å². The molecule has 0 radical (unpaired) electrons. The van der Waals surface area contributed by atoms with Crippen molar-refractivity contribution < 1.29 is 4.43 Å². The monoisotopic (exact) mass is 332 g/mol. The van der Waals surface area contributed by atoms with Crippen molar-refractivity contribution >= 4 is 8.32 Å². The Bertz CT molecular complexity index is 470. The fourth-order valence-electron chi connectivity index (χ4n) is 2.98. The predicted octanol–water partition coefficient (Wildman–Crippen LogP) is 6.76. The second-order valence-corrected chi connectivity index (χ2v) is 12.0. The second-order valence-electron chi connectivity index (χ2n) is 7.50. The molecule has 0 N–H and O–H groups in total. The summed E-state index contributed by atoms with van der Waals surface area (Å²) in [7, 11) is -1.50. The highest BCUT2D eigenvalue weighted by Gasteiger charge is 2.22. The van der Waals surface area contributed by atoms with Gasteiger partial charge in [0.2, 0.25) is 0 Å². The van der Waals surface area contributed by atoms with E-state index in [1.54, 1.807) is 5.57 Å². The molecule has 23 heavy (non-hydrogen) atoms. The van der Waals surface area contributed by atoms with Crippen LogP contribution in [0.1, 0.15) is 58.4 Å². The van der Waals surface area contributed by atoms with Gasteiger partial charge >= 0.3 is 0 Å². The van der Waals surface area contributed by atoms with Crippen molar-refractivity contribution in [1.29, 1.82) is 0 Å². The van der Waals surface area contributed by atoms with Gasteiger partial charge in [0.25, 0.3) is 0 Å². The maximum atomic E-state index is 6.44. The van der Waals surface area contributed by atoms with Crippen LogP contribution in [-0.4, -0.2) is 14.4 Å². The lowest BCUT2D eigenvalue weighted by Gasteiger charge is -2.28. The highest BCUT2D eigenvalue weighted by atomic mass is 28.4. The molecule has 1 aromatic rings. The van der Waals surface area contributed by atoms with Crippen molar-refractivity contribution in [3.63, 3.8) is 0 Å². The molecule has 0 aliphatic carbocycles. The normalized spacial score (nSPS) is 14.5. The molecule has 0 fully saturated rings. The van der Waals surface area contributed by atoms with Gasteiger partial charge in [-0.25, -0.2) is 0 Å². The quantitative estimate of drug-likeness (QED) is 0.340. The van der Waals surface area contributed by atoms with Gasteiger partial charge < -0.3 is 4.43 Å². The largest absolute Gasteiger partial charge is 0.411 e. The van der Waals surface area contributed by atoms with Gasteiger partial charge in [0.05, 0.1) is 6.10 Å². The molecule has 1 nitrogen and oxygen atoms in total. The van der Waals surface area contributed by atoms with Crippen LogP contribution in [-0.2, 0) is 10.8 Å². The Morgan fingerprint density at radius 2 is 1.70 bits per heavy atom. The zero-order valence-corrected chi connectivity index (χ0v) is 17.1. The molecule has 2 heteroatoms. The molecule has 0 spiro atoms. The van der Waals surface area contributed by atoms with Crippen molar-refractivity contribution in [2.24, 2.45) is 0 Å². The number of aryl methyl sites for hydroxylation is 1. The first-order chi connectivity index (χ1) is 10.9. The van der Waals surface area contributed by atoms with E-state index in [0.717, 1.165) is 12.8 Å². The Morgan fingerprint density at radius 3 is 2.22 bits per heavy atom. The minimum atomic E-state index is -1.50. The SMILES string of the molecule is CCCC/C(CCc1ccccc1)=C(/C)C(CC)O[Si](C)(C)C. The predicted molar refractivity (Wildman–Crippen MR) is 105 cm³/mol. The fourth-order valence-corrected chi connectivity index (χ4v) is 4.18. The third-order valence-electron chi connectivity index (χ3n) is 4.30. The highest BCUT2D eigenvalue weighted by molar-refractivity contribution is 6.69. The molecule has 0 saturated heterocycles. The number of unbranched alkanes of at least 4 members (excludes halogenated alkanes) is 1. The van der Waals surface area contributed by atoms with E-state index in [2.05, 4.69) is 70.7 Å². The fraction of sp³-hybridized carbons (Fsp3) is 0.619. The Labute approximate surface area is 145 Å². The van der Waals surface area contributed by atoms with Crippen molar-refractivity contribution in [3.8, 4) is 0 Å². The Balaban J connectivity index is 2.87. The summed E-state index contributed by atoms with van der Waals surface area (Å²) in [5, 5.41) is 0. The molecule has 0 bridgehead atoms. The molecular weight excluding hydrogens is 296 g/mol. The van der Waals surface area contributed by atoms with E-state index < -0.39 is 8.32 Å². The van der Waals surface area contributed by atoms with Crippen molar-refractivity contribution in [2.75, 3.05) is 0 Å². The van der Waals surface area contributed by atoms with Crippen LogP contribution in [0, 0.1) is 0 Å². The van der Waals surface area contributed by atoms with Gasteiger partial charge in [-0.1, -0.05) is 56.2 Å². The molecule has 0 saturated carbocycles. The lowest BCUT2D eigenvalue weighted by atomic mass is 9.93. The zero-order chi connectivity index (χ0) is 17.3. The van der Waals surface area contributed by atoms with Gasteiger partial charge in [0, 0.05) is 0 Å². The number of hydrogen-bond acceptors (Lipinski definition) is 1. The van der Waals surface area contributed by atoms with E-state index in [1.807, 2.05) is 0 Å². The maximum absolute atomic E-state index is 6.44. The molecule has 0 heterocycles. The number of allylic oxidation sites excluding steroid dienone is 1. The van der Waals surface area contributed by atoms with Crippen LogP contribution in [0.5, 0.6) is 0 Å². The summed E-state index contributed by atoms with van der Waals surface area (Å²) in [4.78, 5) is 0. The third kappa shape index (κ3) is 7.98. The van der Waals surface area contributed by atoms with Gasteiger partial charge in [-0.2, -0.15) is 0 Å². The van der Waals surface area contributed by atoms with Crippen molar-refractivity contribution in [2.45, 2.75) is 85.0 Å². The summed E-state index contributed by atoms with van der Waals surface area (Å²) < 4.78 is 6.44. The highest BCUT2D eigenvalue weighted by Crippen LogP contribution is 2.25. The number of hydrogen-bond donors (Lipinski definition) is 0. The van der Waals surface area contributed by atoms with E-state index in [-0.39, 0.29) is 0 Å². The van der Waals surface area contributed by atoms with Crippen LogP contribution >= 0.6 is 0 Å². The molecule has 1 aromatic carbocycles. The first-order valence-electron chi connectivity index (χ1n) is 9.27. The second kappa shape index (κ2) is 10.1. The topological polar surface area (TPSA) is 9.23 Å². The Morgan fingerprint density at radius 1 is 1.04 bits per heavy atom. The summed E-state index contributed by atoms with van der Waals surface area (Å²) in [6.07, 6.45) is 7.46. The lowest BCUT2D eigenvalue weighted by molar-refractivity contribution is 0.223. The van der Waals surface area contributed by atoms with E-state index >= 15 is 0 Å². The smallest absolute Gasteiger partial charge is 0.184 e. The number of rotatable bonds is 10. The molecular formula is C21H36OSi.